The van der Waals surface area contributed by atoms with Crippen LogP contribution in [0, 0.1) is 6.92 Å². The molecule has 1 aliphatic rings. The number of aryl methyl sites for hydroxylation is 1. The lowest BCUT2D eigenvalue weighted by molar-refractivity contribution is 0.0205. The normalized spacial score (nSPS) is 15.4. The number of amides is 2. The lowest BCUT2D eigenvalue weighted by atomic mass is 10.0. The monoisotopic (exact) mass is 384 g/mol. The van der Waals surface area contributed by atoms with E-state index in [1.165, 1.54) is 6.26 Å². The second kappa shape index (κ2) is 8.09. The van der Waals surface area contributed by atoms with E-state index in [2.05, 4.69) is 0 Å². The van der Waals surface area contributed by atoms with Gasteiger partial charge >= 0.3 is 6.09 Å². The number of carbonyl (C=O) groups excluding carboxylic acids is 2. The van der Waals surface area contributed by atoms with E-state index in [1.807, 2.05) is 52.0 Å². The first kappa shape index (κ1) is 20.0. The summed E-state index contributed by atoms with van der Waals surface area (Å²) in [5, 5.41) is 0. The Bertz CT molecular complexity index is 815. The van der Waals surface area contributed by atoms with Crippen molar-refractivity contribution in [2.75, 3.05) is 18.0 Å². The molecule has 0 saturated carbocycles. The van der Waals surface area contributed by atoms with Gasteiger partial charge in [-0.05, 0) is 70.4 Å². The van der Waals surface area contributed by atoms with Crippen LogP contribution < -0.4 is 4.90 Å². The number of hydrogen-bond donors (Lipinski definition) is 0. The number of hydrogen-bond acceptors (Lipinski definition) is 4. The van der Waals surface area contributed by atoms with Crippen LogP contribution in [0.25, 0.3) is 0 Å². The van der Waals surface area contributed by atoms with Gasteiger partial charge in [0.15, 0.2) is 5.76 Å². The van der Waals surface area contributed by atoms with Crippen LogP contribution in [0.2, 0.25) is 0 Å². The van der Waals surface area contributed by atoms with Gasteiger partial charge in [-0.25, -0.2) is 4.79 Å². The first-order chi connectivity index (χ1) is 13.2. The summed E-state index contributed by atoms with van der Waals surface area (Å²) >= 11 is 0. The average Bonchev–Trinajstić information content (AvgIpc) is 3.16. The van der Waals surface area contributed by atoms with Gasteiger partial charge < -0.3 is 19.0 Å². The van der Waals surface area contributed by atoms with E-state index < -0.39 is 5.60 Å². The Morgan fingerprint density at radius 2 is 1.86 bits per heavy atom. The molecule has 2 aromatic rings. The lowest BCUT2D eigenvalue weighted by Crippen LogP contribution is -2.50. The number of carbonyl (C=O) groups is 2. The Labute approximate surface area is 166 Å². The predicted molar refractivity (Wildman–Crippen MR) is 108 cm³/mol. The summed E-state index contributed by atoms with van der Waals surface area (Å²) in [6.45, 7) is 8.68. The minimum Gasteiger partial charge on any atom is -0.459 e. The molecular formula is C22H28N2O4. The van der Waals surface area contributed by atoms with E-state index in [4.69, 9.17) is 9.15 Å². The van der Waals surface area contributed by atoms with Gasteiger partial charge in [0, 0.05) is 24.8 Å². The third kappa shape index (κ3) is 4.74. The zero-order valence-corrected chi connectivity index (χ0v) is 17.0. The van der Waals surface area contributed by atoms with Crippen LogP contribution in [-0.4, -0.2) is 41.6 Å². The smallest absolute Gasteiger partial charge is 0.410 e. The molecule has 1 saturated heterocycles. The summed E-state index contributed by atoms with van der Waals surface area (Å²) in [7, 11) is 0. The maximum absolute atomic E-state index is 13.1. The zero-order valence-electron chi connectivity index (χ0n) is 17.0. The first-order valence-electron chi connectivity index (χ1n) is 9.66. The fourth-order valence-corrected chi connectivity index (χ4v) is 3.42. The summed E-state index contributed by atoms with van der Waals surface area (Å²) in [5.41, 5.74) is 1.41. The molecular weight excluding hydrogens is 356 g/mol. The molecule has 1 aromatic carbocycles. The highest BCUT2D eigenvalue weighted by Crippen LogP contribution is 2.27. The van der Waals surface area contributed by atoms with Gasteiger partial charge in [0.2, 0.25) is 0 Å². The van der Waals surface area contributed by atoms with E-state index >= 15 is 0 Å². The van der Waals surface area contributed by atoms with Gasteiger partial charge in [-0.1, -0.05) is 12.1 Å². The van der Waals surface area contributed by atoms with Gasteiger partial charge in [-0.3, -0.25) is 4.79 Å². The molecule has 3 rings (SSSR count). The highest BCUT2D eigenvalue weighted by molar-refractivity contribution is 6.04. The van der Waals surface area contributed by atoms with Gasteiger partial charge in [0.25, 0.3) is 5.91 Å². The minimum atomic E-state index is -0.517. The Morgan fingerprint density at radius 3 is 2.43 bits per heavy atom. The van der Waals surface area contributed by atoms with Crippen molar-refractivity contribution in [3.05, 3.63) is 54.0 Å². The third-order valence-electron chi connectivity index (χ3n) is 4.71. The Morgan fingerprint density at radius 1 is 1.14 bits per heavy atom. The van der Waals surface area contributed by atoms with Crippen molar-refractivity contribution in [2.45, 2.75) is 52.2 Å². The van der Waals surface area contributed by atoms with E-state index in [-0.39, 0.29) is 18.0 Å². The largest absolute Gasteiger partial charge is 0.459 e. The van der Waals surface area contributed by atoms with Crippen molar-refractivity contribution in [1.29, 1.82) is 0 Å². The van der Waals surface area contributed by atoms with Crippen molar-refractivity contribution in [3.63, 3.8) is 0 Å². The number of likely N-dealkylation sites (tertiary alicyclic amines) is 1. The molecule has 0 atom stereocenters. The maximum Gasteiger partial charge on any atom is 0.410 e. The number of rotatable bonds is 3. The van der Waals surface area contributed by atoms with E-state index in [1.54, 1.807) is 21.9 Å². The number of piperidine rings is 1. The van der Waals surface area contributed by atoms with Crippen LogP contribution in [0.5, 0.6) is 0 Å². The van der Waals surface area contributed by atoms with Crippen LogP contribution in [0.3, 0.4) is 0 Å². The Hall–Kier alpha value is -2.76. The number of benzene rings is 1. The molecule has 0 radical (unpaired) electrons. The molecule has 150 valence electrons. The van der Waals surface area contributed by atoms with E-state index in [0.29, 0.717) is 31.7 Å². The molecule has 0 aliphatic carbocycles. The van der Waals surface area contributed by atoms with Crippen molar-refractivity contribution in [1.82, 2.24) is 4.90 Å². The molecule has 2 amide bonds. The quantitative estimate of drug-likeness (QED) is 0.774. The van der Waals surface area contributed by atoms with Crippen LogP contribution in [0.1, 0.15) is 49.7 Å². The van der Waals surface area contributed by atoms with E-state index in [9.17, 15) is 9.59 Å². The van der Waals surface area contributed by atoms with Crippen LogP contribution in [0.15, 0.2) is 47.1 Å². The van der Waals surface area contributed by atoms with Crippen LogP contribution in [-0.2, 0) is 4.74 Å². The Balaban J connectivity index is 1.77. The average molecular weight is 384 g/mol. The molecule has 0 spiro atoms. The molecule has 2 heterocycles. The molecule has 1 aromatic heterocycles. The third-order valence-corrected chi connectivity index (χ3v) is 4.71. The molecule has 0 unspecified atom stereocenters. The molecule has 0 N–H and O–H groups in total. The van der Waals surface area contributed by atoms with Gasteiger partial charge in [0.1, 0.15) is 5.60 Å². The highest BCUT2D eigenvalue weighted by Gasteiger charge is 2.33. The summed E-state index contributed by atoms with van der Waals surface area (Å²) in [4.78, 5) is 29.0. The molecule has 1 fully saturated rings. The predicted octanol–water partition coefficient (Wildman–Crippen LogP) is 4.63. The number of furan rings is 1. The van der Waals surface area contributed by atoms with Crippen molar-refractivity contribution < 1.29 is 18.7 Å². The number of ether oxygens (including phenoxy) is 1. The Kier molecular flexibility index (Phi) is 5.77. The fourth-order valence-electron chi connectivity index (χ4n) is 3.42. The lowest BCUT2D eigenvalue weighted by Gasteiger charge is -2.38. The summed E-state index contributed by atoms with van der Waals surface area (Å²) < 4.78 is 10.8. The highest BCUT2D eigenvalue weighted by atomic mass is 16.6. The maximum atomic E-state index is 13.1. The SMILES string of the molecule is Cc1cccc(N(C(=O)c2ccco2)C2CCN(C(=O)OC(C)(C)C)CC2)c1. The van der Waals surface area contributed by atoms with Gasteiger partial charge in [0.05, 0.1) is 6.26 Å². The summed E-state index contributed by atoms with van der Waals surface area (Å²) in [5.74, 6) is 0.155. The summed E-state index contributed by atoms with van der Waals surface area (Å²) in [6, 6.07) is 11.3. The zero-order chi connectivity index (χ0) is 20.3. The van der Waals surface area contributed by atoms with Gasteiger partial charge in [-0.2, -0.15) is 0 Å². The van der Waals surface area contributed by atoms with Crippen molar-refractivity contribution >= 4 is 17.7 Å². The topological polar surface area (TPSA) is 63.0 Å². The number of nitrogens with zero attached hydrogens (tertiary/aromatic N) is 2. The second-order valence-corrected chi connectivity index (χ2v) is 8.19. The van der Waals surface area contributed by atoms with E-state index in [0.717, 1.165) is 11.3 Å². The van der Waals surface area contributed by atoms with Crippen molar-refractivity contribution in [3.8, 4) is 0 Å². The minimum absolute atomic E-state index is 0.0157. The molecule has 6 nitrogen and oxygen atoms in total. The number of anilines is 1. The summed E-state index contributed by atoms with van der Waals surface area (Å²) in [6.07, 6.45) is 2.57. The molecule has 0 bridgehead atoms. The second-order valence-electron chi connectivity index (χ2n) is 8.19. The van der Waals surface area contributed by atoms with Crippen LogP contribution >= 0.6 is 0 Å². The molecule has 28 heavy (non-hydrogen) atoms. The first-order valence-corrected chi connectivity index (χ1v) is 9.66. The van der Waals surface area contributed by atoms with Gasteiger partial charge in [-0.15, -0.1) is 0 Å². The standard InChI is InChI=1S/C22H28N2O4/c1-16-7-5-8-18(15-16)24(20(25)19-9-6-14-27-19)17-10-12-23(13-11-17)21(26)28-22(2,3)4/h5-9,14-15,17H,10-13H2,1-4H3. The molecule has 6 heteroatoms. The fraction of sp³-hybridized carbons (Fsp3) is 0.455. The van der Waals surface area contributed by atoms with Crippen molar-refractivity contribution in [2.24, 2.45) is 0 Å². The molecule has 1 aliphatic heterocycles. The van der Waals surface area contributed by atoms with Crippen LogP contribution in [0.4, 0.5) is 10.5 Å².